The molecule has 1 aliphatic heterocycles. The van der Waals surface area contributed by atoms with Crippen LogP contribution in [0, 0.1) is 0 Å². The van der Waals surface area contributed by atoms with E-state index in [1.807, 2.05) is 0 Å². The van der Waals surface area contributed by atoms with Crippen LogP contribution in [0.25, 0.3) is 0 Å². The zero-order valence-electron chi connectivity index (χ0n) is 11.0. The summed E-state index contributed by atoms with van der Waals surface area (Å²) in [5.74, 6) is -0.478. The van der Waals surface area contributed by atoms with E-state index in [1.165, 1.54) is 10.8 Å². The fourth-order valence-corrected chi connectivity index (χ4v) is 2.11. The minimum absolute atomic E-state index is 0.265. The first-order valence-corrected chi connectivity index (χ1v) is 6.38. The highest BCUT2D eigenvalue weighted by Gasteiger charge is 2.48. The van der Waals surface area contributed by atoms with Gasteiger partial charge in [-0.3, -0.25) is 0 Å². The number of esters is 1. The summed E-state index contributed by atoms with van der Waals surface area (Å²) in [7, 11) is 0. The highest BCUT2D eigenvalue weighted by molar-refractivity contribution is 5.88. The molecule has 1 fully saturated rings. The second-order valence-electron chi connectivity index (χ2n) is 4.49. The van der Waals surface area contributed by atoms with Crippen molar-refractivity contribution in [3.05, 3.63) is 30.1 Å². The highest BCUT2D eigenvalue weighted by Crippen LogP contribution is 2.25. The zero-order valence-corrected chi connectivity index (χ0v) is 11.0. The molecule has 1 aromatic heterocycles. The van der Waals surface area contributed by atoms with Gasteiger partial charge in [0.15, 0.2) is 18.5 Å². The number of aliphatic hydroxyl groups is 3. The van der Waals surface area contributed by atoms with Gasteiger partial charge in [0.2, 0.25) is 0 Å². The van der Waals surface area contributed by atoms with Crippen LogP contribution < -0.4 is 4.57 Å². The maximum Gasteiger partial charge on any atom is 0.344 e. The van der Waals surface area contributed by atoms with Gasteiger partial charge in [0.05, 0.1) is 13.2 Å². The van der Waals surface area contributed by atoms with Crippen LogP contribution in [0.1, 0.15) is 23.5 Å². The Labute approximate surface area is 116 Å². The van der Waals surface area contributed by atoms with Gasteiger partial charge in [-0.25, -0.2) is 4.79 Å². The molecule has 0 aromatic carbocycles. The summed E-state index contributed by atoms with van der Waals surface area (Å²) < 4.78 is 11.7. The summed E-state index contributed by atoms with van der Waals surface area (Å²) in [6, 6.07) is 3.19. The lowest BCUT2D eigenvalue weighted by molar-refractivity contribution is -0.765. The van der Waals surface area contributed by atoms with Crippen LogP contribution in [-0.2, 0) is 9.47 Å². The topological polar surface area (TPSA) is 100 Å². The van der Waals surface area contributed by atoms with E-state index in [1.54, 1.807) is 25.3 Å². The fraction of sp³-hybridized carbons (Fsp3) is 0.538. The summed E-state index contributed by atoms with van der Waals surface area (Å²) in [5, 5.41) is 28.7. The van der Waals surface area contributed by atoms with Crippen molar-refractivity contribution in [1.82, 2.24) is 0 Å². The van der Waals surface area contributed by atoms with E-state index in [-0.39, 0.29) is 6.61 Å². The van der Waals surface area contributed by atoms with Gasteiger partial charge < -0.3 is 24.8 Å². The van der Waals surface area contributed by atoms with Gasteiger partial charge in [0.25, 0.3) is 6.23 Å². The Morgan fingerprint density at radius 1 is 1.45 bits per heavy atom. The molecule has 0 amide bonds. The van der Waals surface area contributed by atoms with Gasteiger partial charge in [0.1, 0.15) is 17.8 Å². The third-order valence-corrected chi connectivity index (χ3v) is 3.14. The number of aliphatic hydroxyl groups excluding tert-OH is 3. The lowest BCUT2D eigenvalue weighted by Gasteiger charge is -2.10. The predicted molar refractivity (Wildman–Crippen MR) is 65.6 cm³/mol. The van der Waals surface area contributed by atoms with Crippen molar-refractivity contribution in [2.24, 2.45) is 0 Å². The molecule has 1 saturated heterocycles. The van der Waals surface area contributed by atoms with Gasteiger partial charge in [-0.05, 0) is 13.0 Å². The van der Waals surface area contributed by atoms with Crippen LogP contribution in [0.2, 0.25) is 0 Å². The molecule has 0 spiro atoms. The van der Waals surface area contributed by atoms with Crippen molar-refractivity contribution < 1.29 is 34.2 Å². The number of carbonyl (C=O) groups is 1. The molecule has 110 valence electrons. The van der Waals surface area contributed by atoms with Crippen LogP contribution in [0.15, 0.2) is 24.5 Å². The van der Waals surface area contributed by atoms with Crippen molar-refractivity contribution in [2.45, 2.75) is 31.5 Å². The summed E-state index contributed by atoms with van der Waals surface area (Å²) >= 11 is 0. The summed E-state index contributed by atoms with van der Waals surface area (Å²) in [6.07, 6.45) is -1.01. The van der Waals surface area contributed by atoms with E-state index in [0.29, 0.717) is 5.56 Å². The van der Waals surface area contributed by atoms with Gasteiger partial charge in [-0.1, -0.05) is 0 Å². The second kappa shape index (κ2) is 6.27. The Kier molecular flexibility index (Phi) is 4.66. The molecule has 4 atom stereocenters. The molecule has 2 heterocycles. The van der Waals surface area contributed by atoms with E-state index in [4.69, 9.17) is 14.6 Å². The minimum atomic E-state index is -1.19. The number of aromatic nitrogens is 1. The average molecular weight is 284 g/mol. The van der Waals surface area contributed by atoms with E-state index >= 15 is 0 Å². The van der Waals surface area contributed by atoms with Gasteiger partial charge in [0, 0.05) is 6.07 Å². The van der Waals surface area contributed by atoms with E-state index in [2.05, 4.69) is 0 Å². The van der Waals surface area contributed by atoms with Crippen molar-refractivity contribution in [3.63, 3.8) is 0 Å². The summed E-state index contributed by atoms with van der Waals surface area (Å²) in [5.41, 5.74) is 0.312. The van der Waals surface area contributed by atoms with Crippen LogP contribution in [0.5, 0.6) is 0 Å². The first-order valence-electron chi connectivity index (χ1n) is 6.38. The number of hydrogen-bond donors (Lipinski definition) is 3. The van der Waals surface area contributed by atoms with Crippen LogP contribution in [-0.4, -0.2) is 52.8 Å². The molecule has 1 unspecified atom stereocenters. The number of hydrogen-bond acceptors (Lipinski definition) is 6. The molecule has 0 saturated carbocycles. The van der Waals surface area contributed by atoms with Crippen molar-refractivity contribution >= 4 is 5.97 Å². The number of ether oxygens (including phenoxy) is 2. The Balaban J connectivity index is 2.21. The maximum atomic E-state index is 11.6. The van der Waals surface area contributed by atoms with E-state index in [0.717, 1.165) is 0 Å². The molecule has 7 heteroatoms. The predicted octanol–water partition coefficient (Wildman–Crippen LogP) is -1.24. The van der Waals surface area contributed by atoms with Crippen LogP contribution in [0.3, 0.4) is 0 Å². The van der Waals surface area contributed by atoms with Gasteiger partial charge in [-0.15, -0.1) is 0 Å². The zero-order chi connectivity index (χ0) is 14.7. The largest absolute Gasteiger partial charge is 0.462 e. The van der Waals surface area contributed by atoms with Gasteiger partial charge in [-0.2, -0.15) is 4.57 Å². The number of pyridine rings is 1. The summed E-state index contributed by atoms with van der Waals surface area (Å²) in [4.78, 5) is 11.6. The molecule has 7 nitrogen and oxygen atoms in total. The third-order valence-electron chi connectivity index (χ3n) is 3.14. The monoisotopic (exact) mass is 284 g/mol. The van der Waals surface area contributed by atoms with E-state index < -0.39 is 37.1 Å². The first kappa shape index (κ1) is 14.9. The van der Waals surface area contributed by atoms with Crippen LogP contribution in [0.4, 0.5) is 0 Å². The molecule has 1 aromatic rings. The van der Waals surface area contributed by atoms with E-state index in [9.17, 15) is 15.0 Å². The SMILES string of the molecule is CCOC(=O)c1ccc[n+]([C@@H]2O[C@H](CO)[C@H](O)C2O)c1. The van der Waals surface area contributed by atoms with Crippen LogP contribution >= 0.6 is 0 Å². The second-order valence-corrected chi connectivity index (χ2v) is 4.49. The Morgan fingerprint density at radius 2 is 2.20 bits per heavy atom. The smallest absolute Gasteiger partial charge is 0.344 e. The normalized spacial score (nSPS) is 29.4. The molecule has 0 aliphatic carbocycles. The Hall–Kier alpha value is -1.54. The van der Waals surface area contributed by atoms with Gasteiger partial charge >= 0.3 is 5.97 Å². The first-order chi connectivity index (χ1) is 9.58. The lowest BCUT2D eigenvalue weighted by Crippen LogP contribution is -2.46. The fourth-order valence-electron chi connectivity index (χ4n) is 2.11. The summed E-state index contributed by atoms with van der Waals surface area (Å²) in [6.45, 7) is 1.58. The third kappa shape index (κ3) is 2.80. The Bertz CT molecular complexity index is 480. The molecule has 2 rings (SSSR count). The number of rotatable bonds is 4. The molecular formula is C13H18NO6+. The van der Waals surface area contributed by atoms with Crippen molar-refractivity contribution in [3.8, 4) is 0 Å². The quantitative estimate of drug-likeness (QED) is 0.472. The van der Waals surface area contributed by atoms with Crippen molar-refractivity contribution in [2.75, 3.05) is 13.2 Å². The molecular weight excluding hydrogens is 266 g/mol. The minimum Gasteiger partial charge on any atom is -0.462 e. The van der Waals surface area contributed by atoms with Crippen molar-refractivity contribution in [1.29, 1.82) is 0 Å². The maximum absolute atomic E-state index is 11.6. The lowest BCUT2D eigenvalue weighted by atomic mass is 10.1. The number of nitrogens with zero attached hydrogens (tertiary/aromatic N) is 1. The molecule has 0 radical (unpaired) electrons. The average Bonchev–Trinajstić information content (AvgIpc) is 2.75. The Morgan fingerprint density at radius 3 is 2.80 bits per heavy atom. The molecule has 1 aliphatic rings. The highest BCUT2D eigenvalue weighted by atomic mass is 16.6. The molecule has 20 heavy (non-hydrogen) atoms. The number of carbonyl (C=O) groups excluding carboxylic acids is 1. The molecule has 3 N–H and O–H groups in total. The standard InChI is InChI=1S/C13H18NO6/c1-2-19-13(18)8-4-3-5-14(6-8)12-11(17)10(16)9(7-15)20-12/h3-6,9-12,15-17H,2,7H2,1H3/q+1/t9-,10+,11?,12-/m1/s1. The molecule has 0 bridgehead atoms.